The summed E-state index contributed by atoms with van der Waals surface area (Å²) in [5.41, 5.74) is 1.95. The van der Waals surface area contributed by atoms with Crippen molar-refractivity contribution in [1.82, 2.24) is 4.98 Å². The summed E-state index contributed by atoms with van der Waals surface area (Å²) in [6.45, 7) is 3.91. The highest BCUT2D eigenvalue weighted by Gasteiger charge is 2.20. The molecule has 0 saturated heterocycles. The van der Waals surface area contributed by atoms with Crippen LogP contribution in [-0.4, -0.2) is 16.9 Å². The van der Waals surface area contributed by atoms with Crippen LogP contribution in [0.15, 0.2) is 24.5 Å². The van der Waals surface area contributed by atoms with E-state index in [2.05, 4.69) is 4.98 Å². The summed E-state index contributed by atoms with van der Waals surface area (Å²) in [7, 11) is 0. The van der Waals surface area contributed by atoms with Crippen LogP contribution in [0.4, 0.5) is 0 Å². The van der Waals surface area contributed by atoms with E-state index in [1.807, 2.05) is 19.9 Å². The van der Waals surface area contributed by atoms with Crippen molar-refractivity contribution in [3.05, 3.63) is 45.4 Å². The Bertz CT molecular complexity index is 624. The van der Waals surface area contributed by atoms with Gasteiger partial charge in [-0.1, -0.05) is 0 Å². The Morgan fingerprint density at radius 1 is 1.30 bits per heavy atom. The highest BCUT2D eigenvalue weighted by atomic mass is 32.1. The first-order chi connectivity index (χ1) is 9.63. The van der Waals surface area contributed by atoms with E-state index in [1.165, 1.54) is 16.9 Å². The quantitative estimate of drug-likeness (QED) is 0.806. The van der Waals surface area contributed by atoms with Crippen molar-refractivity contribution < 1.29 is 9.53 Å². The minimum atomic E-state index is 0.0473. The molecule has 3 rings (SSSR count). The van der Waals surface area contributed by atoms with Gasteiger partial charge in [0, 0.05) is 16.6 Å². The largest absolute Gasteiger partial charge is 0.489 e. The Morgan fingerprint density at radius 2 is 2.15 bits per heavy atom. The second kappa shape index (κ2) is 5.37. The molecule has 0 amide bonds. The molecule has 20 heavy (non-hydrogen) atoms. The maximum absolute atomic E-state index is 12.5. The summed E-state index contributed by atoms with van der Waals surface area (Å²) in [5, 5.41) is 0. The van der Waals surface area contributed by atoms with Gasteiger partial charge in [-0.15, -0.1) is 11.3 Å². The van der Waals surface area contributed by atoms with Crippen molar-refractivity contribution in [1.29, 1.82) is 0 Å². The molecule has 2 aromatic heterocycles. The summed E-state index contributed by atoms with van der Waals surface area (Å²) in [6.07, 6.45) is 6.77. The van der Waals surface area contributed by atoms with Gasteiger partial charge < -0.3 is 4.74 Å². The van der Waals surface area contributed by atoms with Gasteiger partial charge in [-0.05, 0) is 50.8 Å². The molecule has 1 aliphatic rings. The fourth-order valence-electron chi connectivity index (χ4n) is 2.46. The molecule has 0 spiro atoms. The number of fused-ring (bicyclic) bond motifs is 1. The smallest absolute Gasteiger partial charge is 0.204 e. The van der Waals surface area contributed by atoms with Gasteiger partial charge in [0.25, 0.3) is 0 Å². The standard InChI is InChI=1S/C16H17NO2S/c1-10(2)19-13-6-12(8-17-9-13)16(18)15-7-11-4-3-5-14(11)20-15/h6-10H,3-5H2,1-2H3. The van der Waals surface area contributed by atoms with E-state index in [0.717, 1.165) is 17.7 Å². The fourth-order valence-corrected chi connectivity index (χ4v) is 3.68. The molecule has 2 heterocycles. The van der Waals surface area contributed by atoms with Crippen LogP contribution >= 0.6 is 11.3 Å². The van der Waals surface area contributed by atoms with Crippen LogP contribution in [0, 0.1) is 0 Å². The number of pyridine rings is 1. The molecule has 104 valence electrons. The number of ether oxygens (including phenoxy) is 1. The lowest BCUT2D eigenvalue weighted by Crippen LogP contribution is -2.07. The highest BCUT2D eigenvalue weighted by molar-refractivity contribution is 7.14. The number of carbonyl (C=O) groups is 1. The van der Waals surface area contributed by atoms with Crippen molar-refractivity contribution >= 4 is 17.1 Å². The van der Waals surface area contributed by atoms with Crippen LogP contribution in [0.3, 0.4) is 0 Å². The molecule has 0 atom stereocenters. The molecular formula is C16H17NO2S. The number of thiophene rings is 1. The Balaban J connectivity index is 1.86. The molecule has 1 aliphatic carbocycles. The molecule has 2 aromatic rings. The minimum absolute atomic E-state index is 0.0473. The van der Waals surface area contributed by atoms with Crippen molar-refractivity contribution in [2.45, 2.75) is 39.2 Å². The molecular weight excluding hydrogens is 270 g/mol. The van der Waals surface area contributed by atoms with Gasteiger partial charge in [0.2, 0.25) is 5.78 Å². The monoisotopic (exact) mass is 287 g/mol. The second-order valence-electron chi connectivity index (χ2n) is 5.32. The normalized spacial score (nSPS) is 13.6. The van der Waals surface area contributed by atoms with Crippen molar-refractivity contribution in [3.8, 4) is 5.75 Å². The number of hydrogen-bond acceptors (Lipinski definition) is 4. The third-order valence-electron chi connectivity index (χ3n) is 3.32. The molecule has 0 saturated carbocycles. The van der Waals surface area contributed by atoms with Gasteiger partial charge in [-0.2, -0.15) is 0 Å². The number of ketones is 1. The molecule has 0 aliphatic heterocycles. The predicted molar refractivity (Wildman–Crippen MR) is 79.8 cm³/mol. The van der Waals surface area contributed by atoms with E-state index < -0.39 is 0 Å². The number of aromatic nitrogens is 1. The average molecular weight is 287 g/mol. The van der Waals surface area contributed by atoms with Crippen molar-refractivity contribution in [2.24, 2.45) is 0 Å². The van der Waals surface area contributed by atoms with Crippen molar-refractivity contribution in [3.63, 3.8) is 0 Å². The molecule has 4 heteroatoms. The number of aryl methyl sites for hydroxylation is 2. The van der Waals surface area contributed by atoms with Crippen LogP contribution in [0.1, 0.15) is 45.9 Å². The summed E-state index contributed by atoms with van der Waals surface area (Å²) in [4.78, 5) is 18.8. The molecule has 0 unspecified atom stereocenters. The third-order valence-corrected chi connectivity index (χ3v) is 4.55. The van der Waals surface area contributed by atoms with Gasteiger partial charge in [-0.25, -0.2) is 0 Å². The van der Waals surface area contributed by atoms with E-state index in [9.17, 15) is 4.79 Å². The maximum atomic E-state index is 12.5. The number of hydrogen-bond donors (Lipinski definition) is 0. The Labute approximate surface area is 122 Å². The zero-order valence-electron chi connectivity index (χ0n) is 11.7. The number of nitrogens with zero attached hydrogens (tertiary/aromatic N) is 1. The summed E-state index contributed by atoms with van der Waals surface area (Å²) < 4.78 is 5.59. The Morgan fingerprint density at radius 3 is 2.90 bits per heavy atom. The first-order valence-electron chi connectivity index (χ1n) is 6.91. The zero-order valence-corrected chi connectivity index (χ0v) is 12.5. The van der Waals surface area contributed by atoms with E-state index >= 15 is 0 Å². The zero-order chi connectivity index (χ0) is 14.1. The first kappa shape index (κ1) is 13.3. The topological polar surface area (TPSA) is 39.2 Å². The Hall–Kier alpha value is -1.68. The van der Waals surface area contributed by atoms with Crippen LogP contribution in [0.25, 0.3) is 0 Å². The van der Waals surface area contributed by atoms with E-state index in [-0.39, 0.29) is 11.9 Å². The lowest BCUT2D eigenvalue weighted by atomic mass is 10.1. The van der Waals surface area contributed by atoms with Crippen LogP contribution in [0.5, 0.6) is 5.75 Å². The van der Waals surface area contributed by atoms with E-state index in [1.54, 1.807) is 29.8 Å². The first-order valence-corrected chi connectivity index (χ1v) is 7.73. The van der Waals surface area contributed by atoms with Crippen molar-refractivity contribution in [2.75, 3.05) is 0 Å². The van der Waals surface area contributed by atoms with Gasteiger partial charge in [0.15, 0.2) is 0 Å². The number of carbonyl (C=O) groups excluding carboxylic acids is 1. The predicted octanol–water partition coefficient (Wildman–Crippen LogP) is 3.65. The van der Waals surface area contributed by atoms with Gasteiger partial charge in [0.05, 0.1) is 17.2 Å². The van der Waals surface area contributed by atoms with Crippen LogP contribution in [0.2, 0.25) is 0 Å². The molecule has 3 nitrogen and oxygen atoms in total. The molecule has 0 aromatic carbocycles. The molecule has 0 radical (unpaired) electrons. The average Bonchev–Trinajstić information content (AvgIpc) is 2.98. The number of rotatable bonds is 4. The summed E-state index contributed by atoms with van der Waals surface area (Å²) in [6, 6.07) is 3.82. The van der Waals surface area contributed by atoms with Crippen LogP contribution < -0.4 is 4.74 Å². The lowest BCUT2D eigenvalue weighted by Gasteiger charge is -2.09. The third kappa shape index (κ3) is 2.61. The van der Waals surface area contributed by atoms with Gasteiger partial charge in [-0.3, -0.25) is 9.78 Å². The second-order valence-corrected chi connectivity index (χ2v) is 6.45. The molecule has 0 bridgehead atoms. The SMILES string of the molecule is CC(C)Oc1cncc(C(=O)c2cc3c(s2)CCC3)c1. The minimum Gasteiger partial charge on any atom is -0.489 e. The Kier molecular flexibility index (Phi) is 3.57. The lowest BCUT2D eigenvalue weighted by molar-refractivity contribution is 0.104. The maximum Gasteiger partial charge on any atom is 0.204 e. The van der Waals surface area contributed by atoms with E-state index in [0.29, 0.717) is 11.3 Å². The van der Waals surface area contributed by atoms with Gasteiger partial charge in [0.1, 0.15) is 5.75 Å². The van der Waals surface area contributed by atoms with Crippen LogP contribution in [-0.2, 0) is 12.8 Å². The highest BCUT2D eigenvalue weighted by Crippen LogP contribution is 2.32. The fraction of sp³-hybridized carbons (Fsp3) is 0.375. The van der Waals surface area contributed by atoms with E-state index in [4.69, 9.17) is 4.74 Å². The van der Waals surface area contributed by atoms with Gasteiger partial charge >= 0.3 is 0 Å². The summed E-state index contributed by atoms with van der Waals surface area (Å²) >= 11 is 1.63. The summed E-state index contributed by atoms with van der Waals surface area (Å²) in [5.74, 6) is 0.695. The molecule has 0 N–H and O–H groups in total. The molecule has 0 fully saturated rings.